The monoisotopic (exact) mass is 258 g/mol. The van der Waals surface area contributed by atoms with Crippen LogP contribution in [0.2, 0.25) is 0 Å². The predicted octanol–water partition coefficient (Wildman–Crippen LogP) is 1.87. The van der Waals surface area contributed by atoms with Gasteiger partial charge in [-0.3, -0.25) is 9.59 Å². The van der Waals surface area contributed by atoms with Crippen molar-refractivity contribution in [1.29, 1.82) is 0 Å². The predicted molar refractivity (Wildman–Crippen MR) is 74.6 cm³/mol. The zero-order valence-corrected chi connectivity index (χ0v) is 11.0. The standard InChI is InChI=1S/C15H18N2O2/c1-3-8-16-14(18)11-9-12(11)15(19)17-13-7-5-4-6-10(13)2/h3-7,11-12H,1,8-9H2,2H3,(H,16,18)(H,17,19). The molecule has 0 aliphatic heterocycles. The molecule has 0 saturated heterocycles. The third-order valence-corrected chi connectivity index (χ3v) is 3.29. The number of carbonyl (C=O) groups excluding carboxylic acids is 2. The molecule has 2 atom stereocenters. The highest BCUT2D eigenvalue weighted by Crippen LogP contribution is 2.39. The summed E-state index contributed by atoms with van der Waals surface area (Å²) >= 11 is 0. The SMILES string of the molecule is C=CCNC(=O)C1CC1C(=O)Nc1ccccc1C. The number of hydrogen-bond donors (Lipinski definition) is 2. The average Bonchev–Trinajstić information content (AvgIpc) is 3.19. The van der Waals surface area contributed by atoms with Gasteiger partial charge in [-0.25, -0.2) is 0 Å². The van der Waals surface area contributed by atoms with Crippen LogP contribution < -0.4 is 10.6 Å². The lowest BCUT2D eigenvalue weighted by Crippen LogP contribution is -2.27. The number of nitrogens with one attached hydrogen (secondary N) is 2. The van der Waals surface area contributed by atoms with Crippen LogP contribution in [0.25, 0.3) is 0 Å². The zero-order valence-electron chi connectivity index (χ0n) is 11.0. The van der Waals surface area contributed by atoms with Crippen LogP contribution in [-0.4, -0.2) is 18.4 Å². The van der Waals surface area contributed by atoms with Gasteiger partial charge in [-0.05, 0) is 25.0 Å². The van der Waals surface area contributed by atoms with E-state index < -0.39 is 0 Å². The van der Waals surface area contributed by atoms with E-state index in [1.165, 1.54) is 0 Å². The number of carbonyl (C=O) groups is 2. The summed E-state index contributed by atoms with van der Waals surface area (Å²) in [4.78, 5) is 23.7. The minimum atomic E-state index is -0.204. The average molecular weight is 258 g/mol. The molecule has 1 saturated carbocycles. The minimum Gasteiger partial charge on any atom is -0.352 e. The summed E-state index contributed by atoms with van der Waals surface area (Å²) in [6.45, 7) is 5.93. The largest absolute Gasteiger partial charge is 0.352 e. The van der Waals surface area contributed by atoms with Crippen LogP contribution in [0.3, 0.4) is 0 Å². The number of benzene rings is 1. The fourth-order valence-corrected chi connectivity index (χ4v) is 2.02. The van der Waals surface area contributed by atoms with Gasteiger partial charge in [0.2, 0.25) is 11.8 Å². The Morgan fingerprint density at radius 1 is 1.32 bits per heavy atom. The van der Waals surface area contributed by atoms with Crippen molar-refractivity contribution in [2.45, 2.75) is 13.3 Å². The molecular formula is C15H18N2O2. The van der Waals surface area contributed by atoms with E-state index >= 15 is 0 Å². The molecule has 4 heteroatoms. The smallest absolute Gasteiger partial charge is 0.228 e. The Bertz CT molecular complexity index is 511. The minimum absolute atomic E-state index is 0.0650. The van der Waals surface area contributed by atoms with Crippen LogP contribution in [0, 0.1) is 18.8 Å². The Hall–Kier alpha value is -2.10. The van der Waals surface area contributed by atoms with E-state index in [-0.39, 0.29) is 23.7 Å². The van der Waals surface area contributed by atoms with E-state index in [4.69, 9.17) is 0 Å². The molecule has 1 aromatic rings. The molecular weight excluding hydrogens is 240 g/mol. The number of para-hydroxylation sites is 1. The molecule has 0 bridgehead atoms. The number of hydrogen-bond acceptors (Lipinski definition) is 2. The van der Waals surface area contributed by atoms with Crippen LogP contribution in [0.15, 0.2) is 36.9 Å². The summed E-state index contributed by atoms with van der Waals surface area (Å²) in [5, 5.41) is 5.59. The molecule has 1 fully saturated rings. The van der Waals surface area contributed by atoms with Crippen molar-refractivity contribution in [3.63, 3.8) is 0 Å². The van der Waals surface area contributed by atoms with Crippen LogP contribution in [0.4, 0.5) is 5.69 Å². The van der Waals surface area contributed by atoms with Crippen LogP contribution in [0.1, 0.15) is 12.0 Å². The van der Waals surface area contributed by atoms with E-state index in [0.717, 1.165) is 11.3 Å². The molecule has 0 spiro atoms. The van der Waals surface area contributed by atoms with Gasteiger partial charge in [0, 0.05) is 12.2 Å². The van der Waals surface area contributed by atoms with E-state index in [1.54, 1.807) is 6.08 Å². The normalized spacial score (nSPS) is 20.5. The first kappa shape index (κ1) is 13.3. The maximum Gasteiger partial charge on any atom is 0.228 e. The van der Waals surface area contributed by atoms with E-state index in [1.807, 2.05) is 31.2 Å². The second-order valence-electron chi connectivity index (χ2n) is 4.79. The van der Waals surface area contributed by atoms with Gasteiger partial charge in [0.1, 0.15) is 0 Å². The third-order valence-electron chi connectivity index (χ3n) is 3.29. The lowest BCUT2D eigenvalue weighted by Gasteiger charge is -2.07. The Morgan fingerprint density at radius 2 is 2.00 bits per heavy atom. The molecule has 1 aromatic carbocycles. The summed E-state index contributed by atoms with van der Waals surface area (Å²) in [6.07, 6.45) is 2.25. The van der Waals surface area contributed by atoms with Gasteiger partial charge in [0.05, 0.1) is 11.8 Å². The Kier molecular flexibility index (Phi) is 4.00. The summed E-state index contributed by atoms with van der Waals surface area (Å²) in [7, 11) is 0. The quantitative estimate of drug-likeness (QED) is 0.792. The van der Waals surface area contributed by atoms with Crippen molar-refractivity contribution in [2.24, 2.45) is 11.8 Å². The highest BCUT2D eigenvalue weighted by Gasteiger charge is 2.47. The summed E-state index contributed by atoms with van der Waals surface area (Å²) in [5.74, 6) is -0.536. The molecule has 2 amide bonds. The van der Waals surface area contributed by atoms with Crippen molar-refractivity contribution >= 4 is 17.5 Å². The molecule has 4 nitrogen and oxygen atoms in total. The highest BCUT2D eigenvalue weighted by atomic mass is 16.2. The van der Waals surface area contributed by atoms with Gasteiger partial charge in [-0.1, -0.05) is 24.3 Å². The molecule has 19 heavy (non-hydrogen) atoms. The second kappa shape index (κ2) is 5.69. The first-order valence-electron chi connectivity index (χ1n) is 6.38. The molecule has 0 heterocycles. The van der Waals surface area contributed by atoms with Crippen molar-refractivity contribution < 1.29 is 9.59 Å². The first-order valence-corrected chi connectivity index (χ1v) is 6.38. The lowest BCUT2D eigenvalue weighted by molar-refractivity contribution is -0.125. The van der Waals surface area contributed by atoms with Crippen molar-refractivity contribution in [3.05, 3.63) is 42.5 Å². The molecule has 1 aliphatic carbocycles. The highest BCUT2D eigenvalue weighted by molar-refractivity contribution is 5.99. The van der Waals surface area contributed by atoms with E-state index in [9.17, 15) is 9.59 Å². The molecule has 0 radical (unpaired) electrons. The Balaban J connectivity index is 1.88. The molecule has 2 unspecified atom stereocenters. The molecule has 0 aromatic heterocycles. The second-order valence-corrected chi connectivity index (χ2v) is 4.79. The lowest BCUT2D eigenvalue weighted by atomic mass is 10.2. The van der Waals surface area contributed by atoms with E-state index in [0.29, 0.717) is 13.0 Å². The Morgan fingerprint density at radius 3 is 2.68 bits per heavy atom. The third kappa shape index (κ3) is 3.22. The number of anilines is 1. The molecule has 1 aliphatic rings. The topological polar surface area (TPSA) is 58.2 Å². The number of rotatable bonds is 5. The van der Waals surface area contributed by atoms with Gasteiger partial charge in [-0.2, -0.15) is 0 Å². The first-order chi connectivity index (χ1) is 9.13. The maximum absolute atomic E-state index is 12.0. The zero-order chi connectivity index (χ0) is 13.8. The summed E-state index contributed by atoms with van der Waals surface area (Å²) in [5.41, 5.74) is 1.83. The van der Waals surface area contributed by atoms with Gasteiger partial charge >= 0.3 is 0 Å². The molecule has 2 N–H and O–H groups in total. The number of amides is 2. The van der Waals surface area contributed by atoms with Crippen molar-refractivity contribution in [1.82, 2.24) is 5.32 Å². The van der Waals surface area contributed by atoms with Crippen LogP contribution in [0.5, 0.6) is 0 Å². The number of aryl methyl sites for hydroxylation is 1. The van der Waals surface area contributed by atoms with Crippen LogP contribution >= 0.6 is 0 Å². The maximum atomic E-state index is 12.0. The summed E-state index contributed by atoms with van der Waals surface area (Å²) in [6, 6.07) is 7.61. The van der Waals surface area contributed by atoms with Gasteiger partial charge in [0.25, 0.3) is 0 Å². The van der Waals surface area contributed by atoms with Crippen molar-refractivity contribution in [2.75, 3.05) is 11.9 Å². The van der Waals surface area contributed by atoms with E-state index in [2.05, 4.69) is 17.2 Å². The fraction of sp³-hybridized carbons (Fsp3) is 0.333. The van der Waals surface area contributed by atoms with Gasteiger partial charge < -0.3 is 10.6 Å². The van der Waals surface area contributed by atoms with Crippen LogP contribution in [-0.2, 0) is 9.59 Å². The fourth-order valence-electron chi connectivity index (χ4n) is 2.02. The Labute approximate surface area is 112 Å². The summed E-state index contributed by atoms with van der Waals surface area (Å²) < 4.78 is 0. The van der Waals surface area contributed by atoms with Gasteiger partial charge in [0.15, 0.2) is 0 Å². The van der Waals surface area contributed by atoms with Crippen molar-refractivity contribution in [3.8, 4) is 0 Å². The molecule has 2 rings (SSSR count). The molecule has 100 valence electrons. The van der Waals surface area contributed by atoms with Gasteiger partial charge in [-0.15, -0.1) is 6.58 Å².